The minimum Gasteiger partial charge on any atom is -0.497 e. The van der Waals surface area contributed by atoms with Crippen molar-refractivity contribution in [2.75, 3.05) is 34.4 Å². The summed E-state index contributed by atoms with van der Waals surface area (Å²) in [7, 11) is 5.46. The van der Waals surface area contributed by atoms with E-state index in [4.69, 9.17) is 14.5 Å². The topological polar surface area (TPSA) is 54.8 Å². The van der Waals surface area contributed by atoms with Crippen LogP contribution in [0.25, 0.3) is 10.9 Å². The molecule has 5 heteroatoms. The third kappa shape index (κ3) is 2.88. The Hall–Kier alpha value is -2.63. The maximum absolute atomic E-state index is 12.1. The minimum atomic E-state index is -0.860. The monoisotopic (exact) mass is 404 g/mol. The van der Waals surface area contributed by atoms with Crippen LogP contribution in [0.1, 0.15) is 23.2 Å². The standard InChI is InChI=1S/C25H28N2O3/c1-27-10-9-24(19-5-4-6-20(12-19)29-2)15-23-18(14-25(24,28)16-27)11-17-7-8-21(30-3)13-22(17)26-23/h4-8,11-13,28H,9-10,14-16H2,1-3H3/t24-,25-/m0/s1. The largest absolute Gasteiger partial charge is 0.497 e. The predicted octanol–water partition coefficient (Wildman–Crippen LogP) is 3.36. The van der Waals surface area contributed by atoms with Crippen LogP contribution in [-0.4, -0.2) is 54.9 Å². The molecule has 0 bridgehead atoms. The van der Waals surface area contributed by atoms with Crippen LogP contribution >= 0.6 is 0 Å². The first-order valence-electron chi connectivity index (χ1n) is 10.5. The lowest BCUT2D eigenvalue weighted by atomic mass is 9.56. The number of aliphatic hydroxyl groups is 1. The predicted molar refractivity (Wildman–Crippen MR) is 117 cm³/mol. The van der Waals surface area contributed by atoms with Crippen LogP contribution in [-0.2, 0) is 18.3 Å². The van der Waals surface area contributed by atoms with Gasteiger partial charge in [-0.1, -0.05) is 12.1 Å². The molecular formula is C25H28N2O3. The molecule has 30 heavy (non-hydrogen) atoms. The number of aromatic nitrogens is 1. The maximum Gasteiger partial charge on any atom is 0.121 e. The molecule has 5 nitrogen and oxygen atoms in total. The normalized spacial score (nSPS) is 26.1. The van der Waals surface area contributed by atoms with Crippen LogP contribution in [0.5, 0.6) is 11.5 Å². The molecule has 2 heterocycles. The highest BCUT2D eigenvalue weighted by Crippen LogP contribution is 2.50. The van der Waals surface area contributed by atoms with Gasteiger partial charge in [0.05, 0.1) is 25.3 Å². The molecule has 0 spiro atoms. The second kappa shape index (κ2) is 6.96. The average Bonchev–Trinajstić information content (AvgIpc) is 2.75. The van der Waals surface area contributed by atoms with Crippen molar-refractivity contribution in [3.63, 3.8) is 0 Å². The number of fused-ring (bicyclic) bond motifs is 3. The van der Waals surface area contributed by atoms with Crippen molar-refractivity contribution in [3.05, 3.63) is 65.4 Å². The third-order valence-electron chi connectivity index (χ3n) is 7.11. The van der Waals surface area contributed by atoms with Crippen molar-refractivity contribution in [3.8, 4) is 11.5 Å². The lowest BCUT2D eigenvalue weighted by molar-refractivity contribution is -0.0976. The van der Waals surface area contributed by atoms with E-state index in [1.54, 1.807) is 14.2 Å². The Bertz CT molecular complexity index is 1110. The van der Waals surface area contributed by atoms with Gasteiger partial charge in [-0.3, -0.25) is 4.98 Å². The number of pyridine rings is 1. The minimum absolute atomic E-state index is 0.388. The number of benzene rings is 2. The van der Waals surface area contributed by atoms with Crippen molar-refractivity contribution in [2.45, 2.75) is 30.3 Å². The SMILES string of the molecule is COc1cccc([C@@]23CCN(C)C[C@@]2(O)Cc2cc4ccc(OC)cc4nc2C3)c1. The van der Waals surface area contributed by atoms with E-state index in [0.29, 0.717) is 19.4 Å². The Labute approximate surface area is 177 Å². The van der Waals surface area contributed by atoms with E-state index in [1.807, 2.05) is 30.3 Å². The van der Waals surface area contributed by atoms with E-state index in [1.165, 1.54) is 0 Å². The molecule has 2 aliphatic rings. The van der Waals surface area contributed by atoms with Crippen molar-refractivity contribution in [2.24, 2.45) is 0 Å². The lowest BCUT2D eigenvalue weighted by Crippen LogP contribution is -2.66. The summed E-state index contributed by atoms with van der Waals surface area (Å²) in [6.07, 6.45) is 2.19. The first-order chi connectivity index (χ1) is 14.5. The number of methoxy groups -OCH3 is 2. The fourth-order valence-electron chi connectivity index (χ4n) is 5.47. The van der Waals surface area contributed by atoms with Gasteiger partial charge in [-0.15, -0.1) is 0 Å². The molecule has 0 amide bonds. The molecule has 2 atom stereocenters. The molecule has 1 aliphatic heterocycles. The van der Waals surface area contributed by atoms with E-state index in [0.717, 1.165) is 52.2 Å². The van der Waals surface area contributed by atoms with Gasteiger partial charge in [0.1, 0.15) is 11.5 Å². The zero-order valence-electron chi connectivity index (χ0n) is 17.8. The Morgan fingerprint density at radius 2 is 1.80 bits per heavy atom. The summed E-state index contributed by atoms with van der Waals surface area (Å²) in [5, 5.41) is 13.2. The summed E-state index contributed by atoms with van der Waals surface area (Å²) in [5.41, 5.74) is 3.04. The zero-order chi connectivity index (χ0) is 20.9. The summed E-state index contributed by atoms with van der Waals surface area (Å²) in [5.74, 6) is 1.63. The number of ether oxygens (including phenoxy) is 2. The number of nitrogens with zero attached hydrogens (tertiary/aromatic N) is 2. The molecular weight excluding hydrogens is 376 g/mol. The fourth-order valence-corrected chi connectivity index (χ4v) is 5.47. The average molecular weight is 405 g/mol. The summed E-state index contributed by atoms with van der Waals surface area (Å²) in [6.45, 7) is 1.58. The highest BCUT2D eigenvalue weighted by Gasteiger charge is 2.57. The number of piperidine rings is 1. The summed E-state index contributed by atoms with van der Waals surface area (Å²) in [4.78, 5) is 7.28. The van der Waals surface area contributed by atoms with E-state index < -0.39 is 5.60 Å². The van der Waals surface area contributed by atoms with Gasteiger partial charge < -0.3 is 19.5 Å². The molecule has 1 aliphatic carbocycles. The lowest BCUT2D eigenvalue weighted by Gasteiger charge is -2.56. The Balaban J connectivity index is 1.69. The number of likely N-dealkylation sites (tertiary alicyclic amines) is 1. The number of β-amino-alcohol motifs (C(OH)–C–C–N with tert-alkyl or cyclic N) is 1. The molecule has 0 saturated carbocycles. The summed E-state index contributed by atoms with van der Waals surface area (Å²) < 4.78 is 10.9. The van der Waals surface area contributed by atoms with Gasteiger partial charge in [0.25, 0.3) is 0 Å². The van der Waals surface area contributed by atoms with Crippen LogP contribution in [0.2, 0.25) is 0 Å². The summed E-state index contributed by atoms with van der Waals surface area (Å²) >= 11 is 0. The maximum atomic E-state index is 12.1. The van der Waals surface area contributed by atoms with E-state index in [-0.39, 0.29) is 5.41 Å². The van der Waals surface area contributed by atoms with Crippen molar-refractivity contribution < 1.29 is 14.6 Å². The van der Waals surface area contributed by atoms with Crippen molar-refractivity contribution >= 4 is 10.9 Å². The highest BCUT2D eigenvalue weighted by molar-refractivity contribution is 5.81. The molecule has 1 saturated heterocycles. The molecule has 156 valence electrons. The molecule has 1 N–H and O–H groups in total. The molecule has 2 aromatic carbocycles. The van der Waals surface area contributed by atoms with Crippen LogP contribution in [0.15, 0.2) is 48.5 Å². The Morgan fingerprint density at radius 1 is 1.00 bits per heavy atom. The molecule has 1 aromatic heterocycles. The third-order valence-corrected chi connectivity index (χ3v) is 7.11. The smallest absolute Gasteiger partial charge is 0.121 e. The van der Waals surface area contributed by atoms with E-state index in [2.05, 4.69) is 30.1 Å². The molecule has 1 fully saturated rings. The first kappa shape index (κ1) is 19.3. The van der Waals surface area contributed by atoms with Crippen LogP contribution in [0.3, 0.4) is 0 Å². The fraction of sp³-hybridized carbons (Fsp3) is 0.400. The Morgan fingerprint density at radius 3 is 2.60 bits per heavy atom. The molecule has 0 unspecified atom stereocenters. The van der Waals surface area contributed by atoms with Gasteiger partial charge >= 0.3 is 0 Å². The van der Waals surface area contributed by atoms with Crippen LogP contribution in [0.4, 0.5) is 0 Å². The van der Waals surface area contributed by atoms with Gasteiger partial charge in [-0.25, -0.2) is 0 Å². The number of hydrogen-bond donors (Lipinski definition) is 1. The number of likely N-dealkylation sites (N-methyl/N-ethyl adjacent to an activating group) is 1. The number of rotatable bonds is 3. The van der Waals surface area contributed by atoms with Crippen molar-refractivity contribution in [1.29, 1.82) is 0 Å². The molecule has 3 aromatic rings. The van der Waals surface area contributed by atoms with Crippen molar-refractivity contribution in [1.82, 2.24) is 9.88 Å². The van der Waals surface area contributed by atoms with Crippen LogP contribution < -0.4 is 9.47 Å². The highest BCUT2D eigenvalue weighted by atomic mass is 16.5. The van der Waals surface area contributed by atoms with Gasteiger partial charge in [-0.2, -0.15) is 0 Å². The van der Waals surface area contributed by atoms with Gasteiger partial charge in [0.2, 0.25) is 0 Å². The Kier molecular flexibility index (Phi) is 4.49. The quantitative estimate of drug-likeness (QED) is 0.726. The molecule has 5 rings (SSSR count). The zero-order valence-corrected chi connectivity index (χ0v) is 17.8. The summed E-state index contributed by atoms with van der Waals surface area (Å²) in [6, 6.07) is 16.4. The van der Waals surface area contributed by atoms with Gasteiger partial charge in [0, 0.05) is 41.9 Å². The van der Waals surface area contributed by atoms with E-state index in [9.17, 15) is 5.11 Å². The second-order valence-electron chi connectivity index (χ2n) is 8.84. The number of hydrogen-bond acceptors (Lipinski definition) is 5. The van der Waals surface area contributed by atoms with Gasteiger partial charge in [-0.05, 0) is 61.5 Å². The van der Waals surface area contributed by atoms with E-state index >= 15 is 0 Å². The van der Waals surface area contributed by atoms with Crippen LogP contribution in [0, 0.1) is 0 Å². The van der Waals surface area contributed by atoms with Gasteiger partial charge in [0.15, 0.2) is 0 Å². The molecule has 0 radical (unpaired) electrons. The second-order valence-corrected chi connectivity index (χ2v) is 8.84. The first-order valence-corrected chi connectivity index (χ1v) is 10.5.